The zero-order valence-corrected chi connectivity index (χ0v) is 13.7. The third kappa shape index (κ3) is 3.28. The summed E-state index contributed by atoms with van der Waals surface area (Å²) in [5.74, 6) is 1.80. The Labute approximate surface area is 135 Å². The molecule has 0 aliphatic carbocycles. The molecule has 0 aliphatic heterocycles. The van der Waals surface area contributed by atoms with Gasteiger partial charge in [0.2, 0.25) is 0 Å². The van der Waals surface area contributed by atoms with Gasteiger partial charge in [-0.2, -0.15) is 0 Å². The first kappa shape index (κ1) is 15.0. The summed E-state index contributed by atoms with van der Waals surface area (Å²) in [7, 11) is 0. The minimum Gasteiger partial charge on any atom is -0.493 e. The standard InChI is InChI=1S/C18H20N2OS/c1-14(2)20-17-11-7-6-10-16(17)19-18(20)22-13-12-21-15-8-4-3-5-9-15/h3-11,14H,12-13H2,1-2H3. The van der Waals surface area contributed by atoms with Gasteiger partial charge in [-0.05, 0) is 38.1 Å². The minimum absolute atomic E-state index is 0.393. The summed E-state index contributed by atoms with van der Waals surface area (Å²) >= 11 is 1.75. The Hall–Kier alpha value is -1.94. The lowest BCUT2D eigenvalue weighted by Gasteiger charge is -2.12. The maximum absolute atomic E-state index is 5.74. The summed E-state index contributed by atoms with van der Waals surface area (Å²) < 4.78 is 8.04. The molecule has 0 radical (unpaired) electrons. The normalized spacial score (nSPS) is 11.2. The van der Waals surface area contributed by atoms with Gasteiger partial charge in [-0.3, -0.25) is 0 Å². The molecule has 3 rings (SSSR count). The molecular formula is C18H20N2OS. The molecular weight excluding hydrogens is 292 g/mol. The molecule has 22 heavy (non-hydrogen) atoms. The van der Waals surface area contributed by atoms with Crippen molar-refractivity contribution < 1.29 is 4.74 Å². The fraction of sp³-hybridized carbons (Fsp3) is 0.278. The predicted molar refractivity (Wildman–Crippen MR) is 92.8 cm³/mol. The Kier molecular flexibility index (Phi) is 4.68. The van der Waals surface area contributed by atoms with E-state index in [1.807, 2.05) is 36.4 Å². The van der Waals surface area contributed by atoms with E-state index in [9.17, 15) is 0 Å². The molecule has 0 saturated carbocycles. The van der Waals surface area contributed by atoms with Crippen LogP contribution in [0.4, 0.5) is 0 Å². The van der Waals surface area contributed by atoms with Crippen LogP contribution >= 0.6 is 11.8 Å². The zero-order valence-electron chi connectivity index (χ0n) is 12.9. The first-order chi connectivity index (χ1) is 10.8. The van der Waals surface area contributed by atoms with Crippen LogP contribution in [0.15, 0.2) is 59.8 Å². The summed E-state index contributed by atoms with van der Waals surface area (Å²) in [6.07, 6.45) is 0. The fourth-order valence-corrected chi connectivity index (χ4v) is 3.39. The quantitative estimate of drug-likeness (QED) is 0.484. The van der Waals surface area contributed by atoms with Crippen molar-refractivity contribution in [2.45, 2.75) is 25.0 Å². The second kappa shape index (κ2) is 6.88. The van der Waals surface area contributed by atoms with Gasteiger partial charge in [0.05, 0.1) is 17.6 Å². The summed E-state index contributed by atoms with van der Waals surface area (Å²) in [5, 5.41) is 1.06. The van der Waals surface area contributed by atoms with Gasteiger partial charge in [0.25, 0.3) is 0 Å². The van der Waals surface area contributed by atoms with E-state index in [1.54, 1.807) is 11.8 Å². The number of hydrogen-bond donors (Lipinski definition) is 0. The number of fused-ring (bicyclic) bond motifs is 1. The molecule has 3 aromatic rings. The van der Waals surface area contributed by atoms with Gasteiger partial charge < -0.3 is 9.30 Å². The predicted octanol–water partition coefficient (Wildman–Crippen LogP) is 4.79. The van der Waals surface area contributed by atoms with E-state index < -0.39 is 0 Å². The van der Waals surface area contributed by atoms with Crippen molar-refractivity contribution in [3.63, 3.8) is 0 Å². The highest BCUT2D eigenvalue weighted by Gasteiger charge is 2.13. The number of hydrogen-bond acceptors (Lipinski definition) is 3. The highest BCUT2D eigenvalue weighted by Crippen LogP contribution is 2.27. The smallest absolute Gasteiger partial charge is 0.169 e. The maximum Gasteiger partial charge on any atom is 0.169 e. The van der Waals surface area contributed by atoms with Crippen LogP contribution < -0.4 is 4.74 Å². The molecule has 4 heteroatoms. The van der Waals surface area contributed by atoms with Crippen LogP contribution in [0.5, 0.6) is 5.75 Å². The highest BCUT2D eigenvalue weighted by atomic mass is 32.2. The number of benzene rings is 2. The first-order valence-corrected chi connectivity index (χ1v) is 8.52. The number of ether oxygens (including phenoxy) is 1. The van der Waals surface area contributed by atoms with Crippen LogP contribution in [0.3, 0.4) is 0 Å². The van der Waals surface area contributed by atoms with Crippen molar-refractivity contribution in [2.75, 3.05) is 12.4 Å². The van der Waals surface area contributed by atoms with E-state index in [4.69, 9.17) is 9.72 Å². The van der Waals surface area contributed by atoms with Crippen LogP contribution in [0, 0.1) is 0 Å². The number of thioether (sulfide) groups is 1. The average molecular weight is 312 g/mol. The summed E-state index contributed by atoms with van der Waals surface area (Å²) in [4.78, 5) is 4.75. The molecule has 0 aliphatic rings. The van der Waals surface area contributed by atoms with Gasteiger partial charge in [0.15, 0.2) is 5.16 Å². The van der Waals surface area contributed by atoms with Crippen LogP contribution in [0.2, 0.25) is 0 Å². The van der Waals surface area contributed by atoms with E-state index in [2.05, 4.69) is 36.6 Å². The van der Waals surface area contributed by atoms with E-state index in [0.717, 1.165) is 22.2 Å². The zero-order chi connectivity index (χ0) is 15.4. The molecule has 0 bridgehead atoms. The number of imidazole rings is 1. The van der Waals surface area contributed by atoms with Gasteiger partial charge in [-0.15, -0.1) is 0 Å². The monoisotopic (exact) mass is 312 g/mol. The van der Waals surface area contributed by atoms with Crippen molar-refractivity contribution in [3.8, 4) is 5.75 Å². The van der Waals surface area contributed by atoms with Crippen molar-refractivity contribution >= 4 is 22.8 Å². The number of aromatic nitrogens is 2. The van der Waals surface area contributed by atoms with E-state index in [-0.39, 0.29) is 0 Å². The lowest BCUT2D eigenvalue weighted by Crippen LogP contribution is -2.05. The van der Waals surface area contributed by atoms with Gasteiger partial charge in [0.1, 0.15) is 5.75 Å². The van der Waals surface area contributed by atoms with Crippen LogP contribution in [0.25, 0.3) is 11.0 Å². The second-order valence-corrected chi connectivity index (χ2v) is 6.42. The Morgan fingerprint density at radius 1 is 1.05 bits per heavy atom. The van der Waals surface area contributed by atoms with Gasteiger partial charge >= 0.3 is 0 Å². The molecule has 1 heterocycles. The summed E-state index contributed by atoms with van der Waals surface area (Å²) in [6.45, 7) is 5.06. The lowest BCUT2D eigenvalue weighted by atomic mass is 10.3. The van der Waals surface area contributed by atoms with Gasteiger partial charge in [-0.25, -0.2) is 4.98 Å². The largest absolute Gasteiger partial charge is 0.493 e. The van der Waals surface area contributed by atoms with E-state index in [1.165, 1.54) is 5.52 Å². The molecule has 0 fully saturated rings. The molecule has 0 atom stereocenters. The molecule has 1 aromatic heterocycles. The highest BCUT2D eigenvalue weighted by molar-refractivity contribution is 7.99. The van der Waals surface area contributed by atoms with E-state index >= 15 is 0 Å². The Morgan fingerprint density at radius 3 is 2.55 bits per heavy atom. The fourth-order valence-electron chi connectivity index (χ4n) is 2.43. The van der Waals surface area contributed by atoms with Crippen molar-refractivity contribution in [3.05, 3.63) is 54.6 Å². The Balaban J connectivity index is 1.67. The van der Waals surface area contributed by atoms with Gasteiger partial charge in [-0.1, -0.05) is 42.1 Å². The third-order valence-electron chi connectivity index (χ3n) is 3.41. The SMILES string of the molecule is CC(C)n1c(SCCOc2ccccc2)nc2ccccc21. The van der Waals surface area contributed by atoms with Crippen molar-refractivity contribution in [1.29, 1.82) is 0 Å². The lowest BCUT2D eigenvalue weighted by molar-refractivity contribution is 0.344. The van der Waals surface area contributed by atoms with Gasteiger partial charge in [0, 0.05) is 11.8 Å². The molecule has 0 unspecified atom stereocenters. The summed E-state index contributed by atoms with van der Waals surface area (Å²) in [5.41, 5.74) is 2.26. The first-order valence-electron chi connectivity index (χ1n) is 7.53. The van der Waals surface area contributed by atoms with Crippen molar-refractivity contribution in [2.24, 2.45) is 0 Å². The van der Waals surface area contributed by atoms with Crippen molar-refractivity contribution in [1.82, 2.24) is 9.55 Å². The molecule has 0 saturated heterocycles. The molecule has 0 spiro atoms. The van der Waals surface area contributed by atoms with Crippen LogP contribution in [-0.2, 0) is 0 Å². The maximum atomic E-state index is 5.74. The number of nitrogens with zero attached hydrogens (tertiary/aromatic N) is 2. The average Bonchev–Trinajstić information content (AvgIpc) is 2.91. The summed E-state index contributed by atoms with van der Waals surface area (Å²) in [6, 6.07) is 18.6. The third-order valence-corrected chi connectivity index (χ3v) is 4.32. The molecule has 2 aromatic carbocycles. The van der Waals surface area contributed by atoms with Crippen LogP contribution in [-0.4, -0.2) is 21.9 Å². The molecule has 3 nitrogen and oxygen atoms in total. The van der Waals surface area contributed by atoms with Crippen LogP contribution in [0.1, 0.15) is 19.9 Å². The number of para-hydroxylation sites is 3. The Bertz CT molecular complexity index is 737. The minimum atomic E-state index is 0.393. The Morgan fingerprint density at radius 2 is 1.77 bits per heavy atom. The molecule has 114 valence electrons. The number of rotatable bonds is 6. The molecule has 0 N–H and O–H groups in total. The van der Waals surface area contributed by atoms with E-state index in [0.29, 0.717) is 12.6 Å². The second-order valence-electron chi connectivity index (χ2n) is 5.36. The molecule has 0 amide bonds. The topological polar surface area (TPSA) is 27.1 Å².